The molecule has 36 heavy (non-hydrogen) atoms. The molecule has 0 N–H and O–H groups in total. The fourth-order valence-electron chi connectivity index (χ4n) is 3.50. The molecule has 0 aliphatic rings. The minimum Gasteiger partial charge on any atom is -0.429 e. The molecule has 0 spiro atoms. The van der Waals surface area contributed by atoms with Crippen molar-refractivity contribution in [2.24, 2.45) is 0 Å². The van der Waals surface area contributed by atoms with Gasteiger partial charge >= 0.3 is 12.3 Å². The molecule has 0 unspecified atom stereocenters. The molecule has 4 aromatic rings. The average molecular weight is 500 g/mol. The fourth-order valence-corrected chi connectivity index (χ4v) is 3.50. The summed E-state index contributed by atoms with van der Waals surface area (Å²) in [5, 5.41) is -0.487. The van der Waals surface area contributed by atoms with Gasteiger partial charge in [0.05, 0.1) is 11.1 Å². The molecule has 0 radical (unpaired) electrons. The second-order valence-corrected chi connectivity index (χ2v) is 7.70. The van der Waals surface area contributed by atoms with Gasteiger partial charge in [0.1, 0.15) is 17.4 Å². The third-order valence-electron chi connectivity index (χ3n) is 5.28. The third kappa shape index (κ3) is 5.36. The molecule has 0 amide bonds. The molecule has 0 atom stereocenters. The number of fused-ring (bicyclic) bond motifs is 1. The highest BCUT2D eigenvalue weighted by molar-refractivity contribution is 5.86. The van der Waals surface area contributed by atoms with Gasteiger partial charge in [-0.25, -0.2) is 8.78 Å². The fraction of sp³-hybridized carbons (Fsp3) is 0.0714. The summed E-state index contributed by atoms with van der Waals surface area (Å²) < 4.78 is 100. The Balaban J connectivity index is 1.59. The molecule has 4 rings (SSSR count). The van der Waals surface area contributed by atoms with Gasteiger partial charge in [-0.15, -0.1) is 0 Å². The zero-order valence-electron chi connectivity index (χ0n) is 18.3. The summed E-state index contributed by atoms with van der Waals surface area (Å²) in [7, 11) is 0. The van der Waals surface area contributed by atoms with Crippen LogP contribution in [0.1, 0.15) is 16.7 Å². The van der Waals surface area contributed by atoms with Crippen molar-refractivity contribution in [3.63, 3.8) is 0 Å². The van der Waals surface area contributed by atoms with Crippen LogP contribution in [0.25, 0.3) is 28.0 Å². The molecular formula is C28H15F7O. The first kappa shape index (κ1) is 24.9. The first-order valence-electron chi connectivity index (χ1n) is 10.4. The maximum absolute atomic E-state index is 14.8. The van der Waals surface area contributed by atoms with Crippen molar-refractivity contribution >= 4 is 16.8 Å². The monoisotopic (exact) mass is 500 g/mol. The van der Waals surface area contributed by atoms with E-state index >= 15 is 0 Å². The Labute approximate surface area is 201 Å². The van der Waals surface area contributed by atoms with Crippen LogP contribution in [0.2, 0.25) is 0 Å². The number of rotatable bonds is 5. The number of ether oxygens (including phenoxy) is 1. The predicted molar refractivity (Wildman–Crippen MR) is 123 cm³/mol. The van der Waals surface area contributed by atoms with Crippen molar-refractivity contribution in [3.8, 4) is 28.7 Å². The smallest absolute Gasteiger partial charge is 0.429 e. The third-order valence-corrected chi connectivity index (χ3v) is 5.28. The molecule has 1 nitrogen and oxygen atoms in total. The number of alkyl halides is 5. The molecule has 0 saturated carbocycles. The maximum atomic E-state index is 14.8. The van der Waals surface area contributed by atoms with E-state index in [1.165, 1.54) is 30.2 Å². The Morgan fingerprint density at radius 2 is 1.39 bits per heavy atom. The first-order valence-corrected chi connectivity index (χ1v) is 10.4. The van der Waals surface area contributed by atoms with E-state index in [2.05, 4.69) is 6.58 Å². The lowest BCUT2D eigenvalue weighted by Gasteiger charge is -2.19. The van der Waals surface area contributed by atoms with Gasteiger partial charge < -0.3 is 4.74 Å². The van der Waals surface area contributed by atoms with Gasteiger partial charge in [0, 0.05) is 11.3 Å². The Hall–Kier alpha value is -4.25. The normalized spacial score (nSPS) is 11.6. The van der Waals surface area contributed by atoms with Gasteiger partial charge in [-0.05, 0) is 58.5 Å². The molecule has 0 aliphatic carbocycles. The standard InChI is InChI=1S/C28H15F7O/c1-2-17-3-5-18(6-4-17)19-7-9-21(10-8-19)28(34,35)36-22-11-12-23-20(15-22)16-25(29)24(26(23)30)13-14-27(31,32)33/h2-12,15-16H,1H2. The lowest BCUT2D eigenvalue weighted by atomic mass is 10.0. The van der Waals surface area contributed by atoms with E-state index in [4.69, 9.17) is 4.74 Å². The number of halogens is 7. The lowest BCUT2D eigenvalue weighted by molar-refractivity contribution is -0.185. The van der Waals surface area contributed by atoms with Crippen molar-refractivity contribution in [2.45, 2.75) is 12.3 Å². The number of benzene rings is 4. The van der Waals surface area contributed by atoms with E-state index in [1.54, 1.807) is 6.08 Å². The molecule has 4 aromatic carbocycles. The number of hydrogen-bond acceptors (Lipinski definition) is 1. The van der Waals surface area contributed by atoms with Crippen LogP contribution >= 0.6 is 0 Å². The van der Waals surface area contributed by atoms with Crippen LogP contribution in [-0.4, -0.2) is 6.18 Å². The largest absolute Gasteiger partial charge is 0.458 e. The summed E-state index contributed by atoms with van der Waals surface area (Å²) in [6.07, 6.45) is -7.04. The summed E-state index contributed by atoms with van der Waals surface area (Å²) >= 11 is 0. The van der Waals surface area contributed by atoms with Crippen molar-refractivity contribution < 1.29 is 35.5 Å². The summed E-state index contributed by atoms with van der Waals surface area (Å²) in [5.74, 6) is -0.863. The van der Waals surface area contributed by atoms with Gasteiger partial charge in [0.15, 0.2) is 0 Å². The summed E-state index contributed by atoms with van der Waals surface area (Å²) in [4.78, 5) is 0. The van der Waals surface area contributed by atoms with E-state index in [1.807, 2.05) is 24.3 Å². The molecule has 0 aliphatic heterocycles. The quantitative estimate of drug-likeness (QED) is 0.197. The van der Waals surface area contributed by atoms with Gasteiger partial charge in [-0.3, -0.25) is 0 Å². The van der Waals surface area contributed by atoms with Crippen molar-refractivity contribution in [1.82, 2.24) is 0 Å². The minimum atomic E-state index is -4.94. The molecule has 0 bridgehead atoms. The van der Waals surface area contributed by atoms with E-state index in [-0.39, 0.29) is 10.8 Å². The van der Waals surface area contributed by atoms with Crippen LogP contribution in [0, 0.1) is 23.5 Å². The molecule has 182 valence electrons. The Morgan fingerprint density at radius 1 is 0.778 bits per heavy atom. The second-order valence-electron chi connectivity index (χ2n) is 7.70. The zero-order chi connectivity index (χ0) is 26.1. The Bertz CT molecular complexity index is 1490. The summed E-state index contributed by atoms with van der Waals surface area (Å²) in [6.45, 7) is 3.67. The van der Waals surface area contributed by atoms with Gasteiger partial charge in [0.2, 0.25) is 0 Å². The molecule has 0 saturated heterocycles. The molecule has 0 fully saturated rings. The Kier molecular flexibility index (Phi) is 6.51. The lowest BCUT2D eigenvalue weighted by Crippen LogP contribution is -2.21. The second kappa shape index (κ2) is 9.42. The first-order chi connectivity index (χ1) is 17.0. The summed E-state index contributed by atoms with van der Waals surface area (Å²) in [6, 6.07) is 16.4. The van der Waals surface area contributed by atoms with E-state index in [0.717, 1.165) is 35.2 Å². The highest BCUT2D eigenvalue weighted by Crippen LogP contribution is 2.35. The van der Waals surface area contributed by atoms with Crippen LogP contribution in [0.15, 0.2) is 79.4 Å². The maximum Gasteiger partial charge on any atom is 0.458 e. The SMILES string of the molecule is C=Cc1ccc(-c2ccc(C(F)(F)Oc3ccc4c(F)c(C#CC(F)(F)F)c(F)cc4c3)cc2)cc1. The summed E-state index contributed by atoms with van der Waals surface area (Å²) in [5.41, 5.74) is 0.902. The zero-order valence-corrected chi connectivity index (χ0v) is 18.3. The van der Waals surface area contributed by atoms with Gasteiger partial charge in [0.25, 0.3) is 0 Å². The molecule has 0 heterocycles. The van der Waals surface area contributed by atoms with Crippen LogP contribution in [0.3, 0.4) is 0 Å². The van der Waals surface area contributed by atoms with Crippen molar-refractivity contribution in [3.05, 3.63) is 108 Å². The predicted octanol–water partition coefficient (Wildman–Crippen LogP) is 8.47. The van der Waals surface area contributed by atoms with Crippen molar-refractivity contribution in [2.75, 3.05) is 0 Å². The average Bonchev–Trinajstić information content (AvgIpc) is 2.83. The molecule has 8 heteroatoms. The highest BCUT2D eigenvalue weighted by Gasteiger charge is 2.34. The highest BCUT2D eigenvalue weighted by atomic mass is 19.4. The van der Waals surface area contributed by atoms with Crippen molar-refractivity contribution in [1.29, 1.82) is 0 Å². The Morgan fingerprint density at radius 3 is 1.97 bits per heavy atom. The van der Waals surface area contributed by atoms with Crippen LogP contribution < -0.4 is 4.74 Å². The number of hydrogen-bond donors (Lipinski definition) is 0. The van der Waals surface area contributed by atoms with Crippen LogP contribution in [0.5, 0.6) is 5.75 Å². The van der Waals surface area contributed by atoms with Gasteiger partial charge in [-0.2, -0.15) is 22.0 Å². The molecular weight excluding hydrogens is 485 g/mol. The van der Waals surface area contributed by atoms with Gasteiger partial charge in [-0.1, -0.05) is 55.0 Å². The minimum absolute atomic E-state index is 0.186. The van der Waals surface area contributed by atoms with E-state index < -0.39 is 40.8 Å². The molecule has 0 aromatic heterocycles. The van der Waals surface area contributed by atoms with Crippen LogP contribution in [-0.2, 0) is 6.11 Å². The van der Waals surface area contributed by atoms with Crippen LogP contribution in [0.4, 0.5) is 30.7 Å². The topological polar surface area (TPSA) is 9.23 Å². The van der Waals surface area contributed by atoms with E-state index in [0.29, 0.717) is 11.6 Å². The van der Waals surface area contributed by atoms with E-state index in [9.17, 15) is 30.7 Å².